The summed E-state index contributed by atoms with van der Waals surface area (Å²) in [6.07, 6.45) is -5.05. The summed E-state index contributed by atoms with van der Waals surface area (Å²) >= 11 is 0. The molecule has 0 spiro atoms. The van der Waals surface area contributed by atoms with Gasteiger partial charge in [0.05, 0.1) is 18.2 Å². The van der Waals surface area contributed by atoms with E-state index in [4.69, 9.17) is 0 Å². The van der Waals surface area contributed by atoms with E-state index >= 15 is 0 Å². The Bertz CT molecular complexity index is 957. The largest absolute Gasteiger partial charge is 0.465 e. The van der Waals surface area contributed by atoms with E-state index in [1.54, 1.807) is 4.72 Å². The monoisotopic (exact) mass is 395 g/mol. The van der Waals surface area contributed by atoms with Crippen LogP contribution in [0.3, 0.4) is 0 Å². The number of halogens is 5. The number of carbonyl (C=O) groups is 1. The number of benzene rings is 2. The first-order valence-corrected chi connectivity index (χ1v) is 8.21. The van der Waals surface area contributed by atoms with Gasteiger partial charge in [-0.2, -0.15) is 13.2 Å². The number of rotatable bonds is 4. The highest BCUT2D eigenvalue weighted by Crippen LogP contribution is 2.33. The SMILES string of the molecule is COC(=O)c1ccc(F)cc1S(=O)(=O)Nc1ccc(F)c(C(F)(F)F)c1. The van der Waals surface area contributed by atoms with E-state index in [2.05, 4.69) is 4.74 Å². The summed E-state index contributed by atoms with van der Waals surface area (Å²) in [7, 11) is -3.71. The van der Waals surface area contributed by atoms with Gasteiger partial charge in [0.1, 0.15) is 16.5 Å². The Morgan fingerprint density at radius 3 is 2.31 bits per heavy atom. The van der Waals surface area contributed by atoms with Crippen LogP contribution in [0.4, 0.5) is 27.6 Å². The smallest absolute Gasteiger partial charge is 0.419 e. The molecule has 0 amide bonds. The minimum Gasteiger partial charge on any atom is -0.465 e. The molecule has 2 aromatic carbocycles. The summed E-state index contributed by atoms with van der Waals surface area (Å²) in [6.45, 7) is 0. The molecule has 0 atom stereocenters. The Hall–Kier alpha value is -2.69. The molecule has 0 unspecified atom stereocenters. The van der Waals surface area contributed by atoms with Crippen molar-refractivity contribution in [1.82, 2.24) is 0 Å². The molecule has 26 heavy (non-hydrogen) atoms. The minimum absolute atomic E-state index is 0.240. The van der Waals surface area contributed by atoms with Crippen LogP contribution in [-0.4, -0.2) is 21.5 Å². The number of anilines is 1. The van der Waals surface area contributed by atoms with Crippen molar-refractivity contribution in [2.75, 3.05) is 11.8 Å². The molecule has 0 aliphatic heterocycles. The standard InChI is InChI=1S/C15H10F5NO4S/c1-25-14(22)10-4-2-8(16)6-13(10)26(23,24)21-9-3-5-12(17)11(7-9)15(18,19)20/h2-7,21H,1H3. The minimum atomic E-state index is -5.05. The maximum Gasteiger partial charge on any atom is 0.419 e. The van der Waals surface area contributed by atoms with Crippen LogP contribution in [-0.2, 0) is 20.9 Å². The molecule has 5 nitrogen and oxygen atoms in total. The lowest BCUT2D eigenvalue weighted by Crippen LogP contribution is -2.18. The van der Waals surface area contributed by atoms with Crippen molar-refractivity contribution in [3.05, 3.63) is 59.2 Å². The third-order valence-electron chi connectivity index (χ3n) is 3.16. The molecule has 140 valence electrons. The molecular formula is C15H10F5NO4S. The molecule has 0 aliphatic rings. The fraction of sp³-hybridized carbons (Fsp3) is 0.133. The van der Waals surface area contributed by atoms with E-state index in [1.807, 2.05) is 0 Å². The van der Waals surface area contributed by atoms with Gasteiger partial charge in [-0.3, -0.25) is 4.72 Å². The van der Waals surface area contributed by atoms with E-state index in [9.17, 15) is 35.2 Å². The van der Waals surface area contributed by atoms with Crippen molar-refractivity contribution in [2.24, 2.45) is 0 Å². The zero-order chi connectivity index (χ0) is 19.7. The Morgan fingerprint density at radius 2 is 1.73 bits per heavy atom. The summed E-state index contributed by atoms with van der Waals surface area (Å²) in [5.41, 5.74) is -2.84. The number of esters is 1. The van der Waals surface area contributed by atoms with Crippen molar-refractivity contribution >= 4 is 21.7 Å². The normalized spacial score (nSPS) is 11.9. The fourth-order valence-electron chi connectivity index (χ4n) is 2.01. The van der Waals surface area contributed by atoms with Crippen LogP contribution < -0.4 is 4.72 Å². The average molecular weight is 395 g/mol. The highest BCUT2D eigenvalue weighted by atomic mass is 32.2. The van der Waals surface area contributed by atoms with Gasteiger partial charge >= 0.3 is 12.1 Å². The summed E-state index contributed by atoms with van der Waals surface area (Å²) in [5, 5.41) is 0. The Kier molecular flexibility index (Phi) is 5.21. The van der Waals surface area contributed by atoms with Crippen LogP contribution in [0.25, 0.3) is 0 Å². The molecular weight excluding hydrogens is 385 g/mol. The topological polar surface area (TPSA) is 72.5 Å². The van der Waals surface area contributed by atoms with Crippen LogP contribution in [0.5, 0.6) is 0 Å². The summed E-state index contributed by atoms with van der Waals surface area (Å²) < 4.78 is 95.8. The second-order valence-corrected chi connectivity index (χ2v) is 6.58. The predicted octanol–water partition coefficient (Wildman–Crippen LogP) is 3.57. The molecule has 11 heteroatoms. The van der Waals surface area contributed by atoms with E-state index < -0.39 is 55.5 Å². The van der Waals surface area contributed by atoms with Gasteiger partial charge in [0.2, 0.25) is 0 Å². The number of carbonyl (C=O) groups excluding carboxylic acids is 1. The van der Waals surface area contributed by atoms with Crippen molar-refractivity contribution < 1.29 is 39.9 Å². The molecule has 0 aliphatic carbocycles. The van der Waals surface area contributed by atoms with Gasteiger partial charge in [-0.25, -0.2) is 22.0 Å². The number of hydrogen-bond donors (Lipinski definition) is 1. The highest BCUT2D eigenvalue weighted by Gasteiger charge is 2.34. The highest BCUT2D eigenvalue weighted by molar-refractivity contribution is 7.92. The quantitative estimate of drug-likeness (QED) is 0.635. The lowest BCUT2D eigenvalue weighted by Gasteiger charge is -2.13. The van der Waals surface area contributed by atoms with Crippen LogP contribution >= 0.6 is 0 Å². The number of sulfonamides is 1. The number of nitrogens with one attached hydrogen (secondary N) is 1. The van der Waals surface area contributed by atoms with Crippen molar-refractivity contribution in [3.63, 3.8) is 0 Å². The number of hydrogen-bond acceptors (Lipinski definition) is 4. The van der Waals surface area contributed by atoms with Gasteiger partial charge in [-0.1, -0.05) is 0 Å². The van der Waals surface area contributed by atoms with Crippen LogP contribution in [0.15, 0.2) is 41.3 Å². The fourth-order valence-corrected chi connectivity index (χ4v) is 3.27. The maximum atomic E-state index is 13.4. The molecule has 0 saturated heterocycles. The molecule has 0 heterocycles. The Balaban J connectivity index is 2.51. The van der Waals surface area contributed by atoms with E-state index in [-0.39, 0.29) is 6.07 Å². The van der Waals surface area contributed by atoms with Gasteiger partial charge in [0.15, 0.2) is 0 Å². The molecule has 2 rings (SSSR count). The Morgan fingerprint density at radius 1 is 1.08 bits per heavy atom. The maximum absolute atomic E-state index is 13.4. The molecule has 0 saturated carbocycles. The van der Waals surface area contributed by atoms with Crippen LogP contribution in [0.1, 0.15) is 15.9 Å². The average Bonchev–Trinajstić information content (AvgIpc) is 2.54. The van der Waals surface area contributed by atoms with E-state index in [0.717, 1.165) is 25.3 Å². The third-order valence-corrected chi connectivity index (χ3v) is 4.58. The second kappa shape index (κ2) is 6.90. The molecule has 2 aromatic rings. The Labute approximate surface area is 144 Å². The van der Waals surface area contributed by atoms with Gasteiger partial charge in [-0.15, -0.1) is 0 Å². The predicted molar refractivity (Wildman–Crippen MR) is 80.0 cm³/mol. The molecule has 0 radical (unpaired) electrons. The number of ether oxygens (including phenoxy) is 1. The zero-order valence-electron chi connectivity index (χ0n) is 12.9. The second-order valence-electron chi connectivity index (χ2n) is 4.93. The number of methoxy groups -OCH3 is 1. The van der Waals surface area contributed by atoms with Crippen LogP contribution in [0.2, 0.25) is 0 Å². The van der Waals surface area contributed by atoms with E-state index in [1.165, 1.54) is 0 Å². The van der Waals surface area contributed by atoms with Gasteiger partial charge in [-0.05, 0) is 36.4 Å². The number of alkyl halides is 3. The lowest BCUT2D eigenvalue weighted by molar-refractivity contribution is -0.139. The van der Waals surface area contributed by atoms with Crippen molar-refractivity contribution in [3.8, 4) is 0 Å². The molecule has 1 N–H and O–H groups in total. The molecule has 0 bridgehead atoms. The lowest BCUT2D eigenvalue weighted by atomic mass is 10.2. The molecule has 0 fully saturated rings. The van der Waals surface area contributed by atoms with Crippen molar-refractivity contribution in [2.45, 2.75) is 11.1 Å². The first kappa shape index (κ1) is 19.6. The first-order chi connectivity index (χ1) is 12.0. The van der Waals surface area contributed by atoms with Gasteiger partial charge in [0, 0.05) is 5.69 Å². The van der Waals surface area contributed by atoms with Crippen molar-refractivity contribution in [1.29, 1.82) is 0 Å². The summed E-state index contributed by atoms with van der Waals surface area (Å²) in [5.74, 6) is -3.70. The van der Waals surface area contributed by atoms with Crippen LogP contribution in [0, 0.1) is 11.6 Å². The first-order valence-electron chi connectivity index (χ1n) is 6.73. The molecule has 0 aromatic heterocycles. The van der Waals surface area contributed by atoms with Gasteiger partial charge < -0.3 is 4.74 Å². The zero-order valence-corrected chi connectivity index (χ0v) is 13.7. The summed E-state index contributed by atoms with van der Waals surface area (Å²) in [6, 6.07) is 3.58. The third kappa shape index (κ3) is 4.10. The van der Waals surface area contributed by atoms with E-state index in [0.29, 0.717) is 12.1 Å². The van der Waals surface area contributed by atoms with Gasteiger partial charge in [0.25, 0.3) is 10.0 Å². The summed E-state index contributed by atoms with van der Waals surface area (Å²) in [4.78, 5) is 10.8.